The van der Waals surface area contributed by atoms with E-state index < -0.39 is 10.0 Å². The van der Waals surface area contributed by atoms with Crippen LogP contribution in [0.2, 0.25) is 0 Å². The standard InChI is InChI=1S/C13H16N4O2S/c1-9-4-5-12(10(2)6-9)17-20(18,19)11-7-15-13(14-3)16-8-11/h4-8,17H,1-3H3,(H,14,15,16). The molecule has 0 amide bonds. The molecular weight excluding hydrogens is 276 g/mol. The van der Waals surface area contributed by atoms with Crippen molar-refractivity contribution in [3.63, 3.8) is 0 Å². The van der Waals surface area contributed by atoms with E-state index in [1.165, 1.54) is 12.4 Å². The molecular formula is C13H16N4O2S. The summed E-state index contributed by atoms with van der Waals surface area (Å²) in [5.74, 6) is 0.371. The van der Waals surface area contributed by atoms with Gasteiger partial charge in [-0.05, 0) is 25.5 Å². The van der Waals surface area contributed by atoms with Gasteiger partial charge < -0.3 is 5.32 Å². The Hall–Kier alpha value is -2.15. The van der Waals surface area contributed by atoms with Crippen LogP contribution in [0.4, 0.5) is 11.6 Å². The topological polar surface area (TPSA) is 84.0 Å². The van der Waals surface area contributed by atoms with E-state index in [1.807, 2.05) is 26.0 Å². The molecule has 2 rings (SSSR count). The van der Waals surface area contributed by atoms with Gasteiger partial charge in [-0.15, -0.1) is 0 Å². The van der Waals surface area contributed by atoms with Crippen LogP contribution in [0.25, 0.3) is 0 Å². The predicted octanol–water partition coefficient (Wildman–Crippen LogP) is 1.94. The minimum absolute atomic E-state index is 0.0245. The maximum absolute atomic E-state index is 12.2. The van der Waals surface area contributed by atoms with Gasteiger partial charge in [0.2, 0.25) is 5.95 Å². The highest BCUT2D eigenvalue weighted by molar-refractivity contribution is 7.92. The van der Waals surface area contributed by atoms with Crippen LogP contribution in [0, 0.1) is 13.8 Å². The van der Waals surface area contributed by atoms with Crippen molar-refractivity contribution < 1.29 is 8.42 Å². The Balaban J connectivity index is 2.30. The summed E-state index contributed by atoms with van der Waals surface area (Å²) >= 11 is 0. The first kappa shape index (κ1) is 14.3. The number of nitrogens with zero attached hydrogens (tertiary/aromatic N) is 2. The first-order valence-corrected chi connectivity index (χ1v) is 7.50. The van der Waals surface area contributed by atoms with Crippen LogP contribution < -0.4 is 10.0 Å². The molecule has 0 unspecified atom stereocenters. The van der Waals surface area contributed by atoms with Crippen molar-refractivity contribution in [1.29, 1.82) is 0 Å². The van der Waals surface area contributed by atoms with Crippen LogP contribution in [-0.4, -0.2) is 25.4 Å². The van der Waals surface area contributed by atoms with Crippen LogP contribution in [0.3, 0.4) is 0 Å². The fraction of sp³-hybridized carbons (Fsp3) is 0.231. The number of aryl methyl sites for hydroxylation is 2. The lowest BCUT2D eigenvalue weighted by molar-refractivity contribution is 0.600. The summed E-state index contributed by atoms with van der Waals surface area (Å²) in [4.78, 5) is 7.82. The molecule has 0 saturated heterocycles. The number of anilines is 2. The zero-order valence-electron chi connectivity index (χ0n) is 11.5. The molecule has 0 saturated carbocycles. The molecule has 106 valence electrons. The summed E-state index contributed by atoms with van der Waals surface area (Å²) in [5.41, 5.74) is 2.49. The quantitative estimate of drug-likeness (QED) is 0.899. The van der Waals surface area contributed by atoms with Crippen LogP contribution in [0.5, 0.6) is 0 Å². The normalized spacial score (nSPS) is 11.2. The van der Waals surface area contributed by atoms with Gasteiger partial charge in [-0.2, -0.15) is 0 Å². The van der Waals surface area contributed by atoms with Gasteiger partial charge in [0.1, 0.15) is 4.90 Å². The molecule has 0 spiro atoms. The molecule has 7 heteroatoms. The van der Waals surface area contributed by atoms with Crippen LogP contribution >= 0.6 is 0 Å². The van der Waals surface area contributed by atoms with E-state index in [9.17, 15) is 8.42 Å². The Kier molecular flexibility index (Phi) is 3.89. The second-order valence-electron chi connectivity index (χ2n) is 4.42. The van der Waals surface area contributed by atoms with E-state index in [0.29, 0.717) is 11.6 Å². The summed E-state index contributed by atoms with van der Waals surface area (Å²) in [6.45, 7) is 3.81. The van der Waals surface area contributed by atoms with Crippen LogP contribution in [0.1, 0.15) is 11.1 Å². The number of nitrogens with one attached hydrogen (secondary N) is 2. The van der Waals surface area contributed by atoms with Crippen molar-refractivity contribution in [3.8, 4) is 0 Å². The molecule has 0 aliphatic heterocycles. The average Bonchev–Trinajstić information content (AvgIpc) is 2.42. The first-order chi connectivity index (χ1) is 9.42. The van der Waals surface area contributed by atoms with E-state index in [1.54, 1.807) is 13.1 Å². The van der Waals surface area contributed by atoms with Crippen molar-refractivity contribution >= 4 is 21.7 Å². The fourth-order valence-electron chi connectivity index (χ4n) is 1.72. The molecule has 1 heterocycles. The third-order valence-corrected chi connectivity index (χ3v) is 4.11. The monoisotopic (exact) mass is 292 g/mol. The summed E-state index contributed by atoms with van der Waals surface area (Å²) in [7, 11) is -2.01. The van der Waals surface area contributed by atoms with E-state index >= 15 is 0 Å². The van der Waals surface area contributed by atoms with E-state index in [0.717, 1.165) is 11.1 Å². The molecule has 0 aliphatic carbocycles. The van der Waals surface area contributed by atoms with Gasteiger partial charge in [0.15, 0.2) is 0 Å². The number of aromatic nitrogens is 2. The summed E-state index contributed by atoms with van der Waals surface area (Å²) in [6, 6.07) is 5.51. The van der Waals surface area contributed by atoms with Crippen molar-refractivity contribution in [2.75, 3.05) is 17.1 Å². The van der Waals surface area contributed by atoms with E-state index in [2.05, 4.69) is 20.0 Å². The molecule has 0 atom stereocenters. The molecule has 20 heavy (non-hydrogen) atoms. The fourth-order valence-corrected chi connectivity index (χ4v) is 2.74. The lowest BCUT2D eigenvalue weighted by atomic mass is 10.1. The second kappa shape index (κ2) is 5.46. The maximum atomic E-state index is 12.2. The average molecular weight is 292 g/mol. The van der Waals surface area contributed by atoms with Crippen LogP contribution in [0.15, 0.2) is 35.5 Å². The highest BCUT2D eigenvalue weighted by Gasteiger charge is 2.16. The molecule has 1 aromatic carbocycles. The van der Waals surface area contributed by atoms with Gasteiger partial charge in [-0.25, -0.2) is 18.4 Å². The van der Waals surface area contributed by atoms with Gasteiger partial charge in [-0.1, -0.05) is 17.7 Å². The third-order valence-electron chi connectivity index (χ3n) is 2.79. The SMILES string of the molecule is CNc1ncc(S(=O)(=O)Nc2ccc(C)cc2C)cn1. The Morgan fingerprint density at radius 2 is 1.75 bits per heavy atom. The molecule has 0 bridgehead atoms. The van der Waals surface area contributed by atoms with Gasteiger partial charge in [-0.3, -0.25) is 4.72 Å². The second-order valence-corrected chi connectivity index (χ2v) is 6.10. The Morgan fingerprint density at radius 3 is 2.30 bits per heavy atom. The third kappa shape index (κ3) is 3.05. The summed E-state index contributed by atoms with van der Waals surface area (Å²) in [5, 5.41) is 2.73. The maximum Gasteiger partial charge on any atom is 0.264 e. The number of hydrogen-bond acceptors (Lipinski definition) is 5. The minimum atomic E-state index is -3.68. The molecule has 0 radical (unpaired) electrons. The lowest BCUT2D eigenvalue weighted by Gasteiger charge is -2.11. The van der Waals surface area contributed by atoms with Crippen molar-refractivity contribution in [2.45, 2.75) is 18.7 Å². The van der Waals surface area contributed by atoms with Gasteiger partial charge >= 0.3 is 0 Å². The molecule has 2 aromatic rings. The summed E-state index contributed by atoms with van der Waals surface area (Å²) < 4.78 is 27.0. The minimum Gasteiger partial charge on any atom is -0.357 e. The highest BCUT2D eigenvalue weighted by atomic mass is 32.2. The highest BCUT2D eigenvalue weighted by Crippen LogP contribution is 2.20. The lowest BCUT2D eigenvalue weighted by Crippen LogP contribution is -2.14. The van der Waals surface area contributed by atoms with Crippen molar-refractivity contribution in [1.82, 2.24) is 9.97 Å². The van der Waals surface area contributed by atoms with E-state index in [4.69, 9.17) is 0 Å². The van der Waals surface area contributed by atoms with Crippen molar-refractivity contribution in [3.05, 3.63) is 41.7 Å². The number of rotatable bonds is 4. The number of sulfonamides is 1. The van der Waals surface area contributed by atoms with Crippen LogP contribution in [-0.2, 0) is 10.0 Å². The molecule has 0 aliphatic rings. The molecule has 0 fully saturated rings. The number of benzene rings is 1. The number of hydrogen-bond donors (Lipinski definition) is 2. The van der Waals surface area contributed by atoms with Crippen molar-refractivity contribution in [2.24, 2.45) is 0 Å². The molecule has 1 aromatic heterocycles. The predicted molar refractivity (Wildman–Crippen MR) is 78.3 cm³/mol. The Labute approximate surface area is 118 Å². The molecule has 6 nitrogen and oxygen atoms in total. The van der Waals surface area contributed by atoms with E-state index in [-0.39, 0.29) is 4.90 Å². The largest absolute Gasteiger partial charge is 0.357 e. The zero-order valence-corrected chi connectivity index (χ0v) is 12.3. The zero-order chi connectivity index (χ0) is 14.8. The van der Waals surface area contributed by atoms with Gasteiger partial charge in [0.05, 0.1) is 18.1 Å². The van der Waals surface area contributed by atoms with Gasteiger partial charge in [0.25, 0.3) is 10.0 Å². The summed E-state index contributed by atoms with van der Waals surface area (Å²) in [6.07, 6.45) is 2.54. The molecule has 2 N–H and O–H groups in total. The Bertz CT molecular complexity index is 712. The Morgan fingerprint density at radius 1 is 1.10 bits per heavy atom. The first-order valence-electron chi connectivity index (χ1n) is 6.02. The smallest absolute Gasteiger partial charge is 0.264 e. The van der Waals surface area contributed by atoms with Gasteiger partial charge in [0, 0.05) is 7.05 Å².